The fraction of sp³-hybridized carbons (Fsp3) is 0.438. The molecular weight excluding hydrogens is 316 g/mol. The Labute approximate surface area is 140 Å². The molecule has 2 aromatic rings. The second kappa shape index (κ2) is 8.64. The highest BCUT2D eigenvalue weighted by Crippen LogP contribution is 2.24. The van der Waals surface area contributed by atoms with Crippen molar-refractivity contribution in [2.24, 2.45) is 0 Å². The van der Waals surface area contributed by atoms with Gasteiger partial charge < -0.3 is 14.7 Å². The molecule has 7 heteroatoms. The quantitative estimate of drug-likeness (QED) is 0.749. The van der Waals surface area contributed by atoms with Gasteiger partial charge in [-0.2, -0.15) is 4.98 Å². The van der Waals surface area contributed by atoms with Gasteiger partial charge in [-0.3, -0.25) is 4.79 Å². The molecule has 0 atom stereocenters. The Morgan fingerprint density at radius 1 is 1.35 bits per heavy atom. The largest absolute Gasteiger partial charge is 0.356 e. The Morgan fingerprint density at radius 3 is 2.87 bits per heavy atom. The van der Waals surface area contributed by atoms with Crippen molar-refractivity contribution in [3.8, 4) is 11.4 Å². The zero-order valence-electron chi connectivity index (χ0n) is 13.4. The normalized spacial score (nSPS) is 11.0. The topological polar surface area (TPSA) is 71.3 Å². The predicted molar refractivity (Wildman–Crippen MR) is 89.2 cm³/mol. The van der Waals surface area contributed by atoms with Crippen molar-refractivity contribution < 1.29 is 9.32 Å². The van der Waals surface area contributed by atoms with E-state index >= 15 is 0 Å². The molecule has 0 saturated heterocycles. The number of amides is 1. The zero-order valence-corrected chi connectivity index (χ0v) is 14.1. The summed E-state index contributed by atoms with van der Waals surface area (Å²) in [7, 11) is 4.02. The minimum absolute atomic E-state index is 0.0127. The van der Waals surface area contributed by atoms with Crippen LogP contribution in [0.4, 0.5) is 0 Å². The van der Waals surface area contributed by atoms with E-state index in [0.717, 1.165) is 18.5 Å². The van der Waals surface area contributed by atoms with Gasteiger partial charge in [-0.25, -0.2) is 0 Å². The Bertz CT molecular complexity index is 643. The molecule has 1 aromatic heterocycles. The minimum Gasteiger partial charge on any atom is -0.356 e. The van der Waals surface area contributed by atoms with E-state index in [-0.39, 0.29) is 5.91 Å². The number of hydrogen-bond acceptors (Lipinski definition) is 5. The summed E-state index contributed by atoms with van der Waals surface area (Å²) in [6, 6.07) is 7.30. The number of carbonyl (C=O) groups excluding carboxylic acids is 1. The fourth-order valence-electron chi connectivity index (χ4n) is 2.04. The van der Waals surface area contributed by atoms with E-state index < -0.39 is 0 Å². The third-order valence-corrected chi connectivity index (χ3v) is 3.58. The van der Waals surface area contributed by atoms with Crippen LogP contribution in [0, 0.1) is 0 Å². The highest BCUT2D eigenvalue weighted by atomic mass is 35.5. The van der Waals surface area contributed by atoms with E-state index in [1.165, 1.54) is 0 Å². The number of halogens is 1. The summed E-state index contributed by atoms with van der Waals surface area (Å²) in [5.41, 5.74) is 0.720. The van der Waals surface area contributed by atoms with Crippen LogP contribution >= 0.6 is 11.6 Å². The van der Waals surface area contributed by atoms with Gasteiger partial charge in [-0.1, -0.05) is 28.9 Å². The van der Waals surface area contributed by atoms with Crippen molar-refractivity contribution >= 4 is 17.5 Å². The van der Waals surface area contributed by atoms with Crippen molar-refractivity contribution in [1.82, 2.24) is 20.4 Å². The Kier molecular flexibility index (Phi) is 6.55. The van der Waals surface area contributed by atoms with Crippen LogP contribution < -0.4 is 5.32 Å². The molecule has 0 bridgehead atoms. The molecule has 0 unspecified atom stereocenters. The highest BCUT2D eigenvalue weighted by Gasteiger charge is 2.12. The van der Waals surface area contributed by atoms with E-state index in [0.29, 0.717) is 36.1 Å². The SMILES string of the molecule is CN(C)CCCNC(=O)CCc1nc(-c2ccccc2Cl)no1. The van der Waals surface area contributed by atoms with E-state index in [1.807, 2.05) is 32.3 Å². The maximum absolute atomic E-state index is 11.8. The van der Waals surface area contributed by atoms with Gasteiger partial charge in [0.15, 0.2) is 0 Å². The molecule has 1 N–H and O–H groups in total. The van der Waals surface area contributed by atoms with Crippen molar-refractivity contribution in [2.45, 2.75) is 19.3 Å². The van der Waals surface area contributed by atoms with E-state index in [1.54, 1.807) is 6.07 Å². The summed E-state index contributed by atoms with van der Waals surface area (Å²) >= 11 is 6.10. The van der Waals surface area contributed by atoms with Gasteiger partial charge in [-0.05, 0) is 39.2 Å². The molecule has 0 spiro atoms. The molecule has 124 valence electrons. The van der Waals surface area contributed by atoms with E-state index in [4.69, 9.17) is 16.1 Å². The Balaban J connectivity index is 1.79. The zero-order chi connectivity index (χ0) is 16.7. The fourth-order valence-corrected chi connectivity index (χ4v) is 2.26. The van der Waals surface area contributed by atoms with Crippen molar-refractivity contribution in [3.05, 3.63) is 35.2 Å². The molecule has 1 heterocycles. The van der Waals surface area contributed by atoms with Crippen LogP contribution in [-0.2, 0) is 11.2 Å². The summed E-state index contributed by atoms with van der Waals surface area (Å²) in [6.45, 7) is 1.62. The van der Waals surface area contributed by atoms with Crippen LogP contribution in [0.25, 0.3) is 11.4 Å². The predicted octanol–water partition coefficient (Wildman–Crippen LogP) is 2.39. The standard InChI is InChI=1S/C16H21ClN4O2/c1-21(2)11-5-10-18-14(22)8-9-15-19-16(20-23-15)12-6-3-4-7-13(12)17/h3-4,6-7H,5,8-11H2,1-2H3,(H,18,22). The first-order chi connectivity index (χ1) is 11.1. The van der Waals surface area contributed by atoms with Gasteiger partial charge in [0.2, 0.25) is 17.6 Å². The van der Waals surface area contributed by atoms with E-state index in [9.17, 15) is 4.79 Å². The molecule has 0 aliphatic rings. The lowest BCUT2D eigenvalue weighted by atomic mass is 10.2. The maximum atomic E-state index is 11.8. The molecule has 0 radical (unpaired) electrons. The summed E-state index contributed by atoms with van der Waals surface area (Å²) in [5.74, 6) is 0.863. The van der Waals surface area contributed by atoms with Crippen LogP contribution in [0.2, 0.25) is 5.02 Å². The lowest BCUT2D eigenvalue weighted by Gasteiger charge is -2.09. The summed E-state index contributed by atoms with van der Waals surface area (Å²) < 4.78 is 5.18. The van der Waals surface area contributed by atoms with Gasteiger partial charge in [-0.15, -0.1) is 0 Å². The second-order valence-electron chi connectivity index (χ2n) is 5.50. The summed E-state index contributed by atoms with van der Waals surface area (Å²) in [5, 5.41) is 7.36. The van der Waals surface area contributed by atoms with Crippen molar-refractivity contribution in [3.63, 3.8) is 0 Å². The monoisotopic (exact) mass is 336 g/mol. The summed E-state index contributed by atoms with van der Waals surface area (Å²) in [6.07, 6.45) is 1.67. The number of benzene rings is 1. The number of rotatable bonds is 8. The molecule has 0 fully saturated rings. The van der Waals surface area contributed by atoms with Crippen molar-refractivity contribution in [2.75, 3.05) is 27.2 Å². The van der Waals surface area contributed by atoms with Gasteiger partial charge in [0.25, 0.3) is 0 Å². The van der Waals surface area contributed by atoms with Gasteiger partial charge in [0.1, 0.15) is 0 Å². The Morgan fingerprint density at radius 2 is 2.13 bits per heavy atom. The van der Waals surface area contributed by atoms with Crippen LogP contribution in [0.15, 0.2) is 28.8 Å². The molecule has 6 nitrogen and oxygen atoms in total. The van der Waals surface area contributed by atoms with Crippen LogP contribution in [0.5, 0.6) is 0 Å². The van der Waals surface area contributed by atoms with Crippen LogP contribution in [0.3, 0.4) is 0 Å². The molecule has 1 amide bonds. The first-order valence-corrected chi connectivity index (χ1v) is 7.93. The number of carbonyl (C=O) groups is 1. The molecule has 2 rings (SSSR count). The minimum atomic E-state index is -0.0127. The maximum Gasteiger partial charge on any atom is 0.227 e. The third kappa shape index (κ3) is 5.65. The smallest absolute Gasteiger partial charge is 0.227 e. The molecule has 1 aromatic carbocycles. The number of aromatic nitrogens is 2. The summed E-state index contributed by atoms with van der Waals surface area (Å²) in [4.78, 5) is 18.1. The molecule has 0 aliphatic carbocycles. The van der Waals surface area contributed by atoms with E-state index in [2.05, 4.69) is 20.4 Å². The number of aryl methyl sites for hydroxylation is 1. The third-order valence-electron chi connectivity index (χ3n) is 3.25. The van der Waals surface area contributed by atoms with Crippen LogP contribution in [0.1, 0.15) is 18.7 Å². The molecule has 0 aliphatic heterocycles. The Hall–Kier alpha value is -1.92. The van der Waals surface area contributed by atoms with Gasteiger partial charge in [0.05, 0.1) is 5.02 Å². The van der Waals surface area contributed by atoms with Crippen LogP contribution in [-0.4, -0.2) is 48.1 Å². The average molecular weight is 337 g/mol. The molecule has 0 saturated carbocycles. The van der Waals surface area contributed by atoms with Gasteiger partial charge in [0, 0.05) is 24.9 Å². The number of nitrogens with one attached hydrogen (secondary N) is 1. The lowest BCUT2D eigenvalue weighted by Crippen LogP contribution is -2.27. The first-order valence-electron chi connectivity index (χ1n) is 7.55. The molecule has 23 heavy (non-hydrogen) atoms. The number of nitrogens with zero attached hydrogens (tertiary/aromatic N) is 3. The number of hydrogen-bond donors (Lipinski definition) is 1. The second-order valence-corrected chi connectivity index (χ2v) is 5.91. The molecular formula is C16H21ClN4O2. The average Bonchev–Trinajstić information content (AvgIpc) is 2.98. The first kappa shape index (κ1) is 17.4. The lowest BCUT2D eigenvalue weighted by molar-refractivity contribution is -0.121. The highest BCUT2D eigenvalue weighted by molar-refractivity contribution is 6.33. The van der Waals surface area contributed by atoms with Gasteiger partial charge >= 0.3 is 0 Å². The van der Waals surface area contributed by atoms with Crippen molar-refractivity contribution in [1.29, 1.82) is 0 Å².